The average molecular weight is 332 g/mol. The van der Waals surface area contributed by atoms with Gasteiger partial charge in [-0.05, 0) is 30.2 Å². The van der Waals surface area contributed by atoms with Gasteiger partial charge in [-0.25, -0.2) is 4.39 Å². The summed E-state index contributed by atoms with van der Waals surface area (Å²) in [6, 6.07) is 10.0. The average Bonchev–Trinajstić information content (AvgIpc) is 2.56. The normalized spacial score (nSPS) is 16.5. The van der Waals surface area contributed by atoms with E-state index in [1.54, 1.807) is 6.07 Å². The number of carbonyl (C=O) groups is 1. The third-order valence-corrected chi connectivity index (χ3v) is 4.83. The quantitative estimate of drug-likeness (QED) is 0.687. The van der Waals surface area contributed by atoms with Crippen LogP contribution in [0.5, 0.6) is 0 Å². The van der Waals surface area contributed by atoms with Gasteiger partial charge >= 0.3 is 0 Å². The summed E-state index contributed by atoms with van der Waals surface area (Å²) in [5, 5.41) is 13.5. The summed E-state index contributed by atoms with van der Waals surface area (Å²) in [5.41, 5.74) is 1.05. The van der Waals surface area contributed by atoms with E-state index in [1.807, 2.05) is 6.07 Å². The number of benzene rings is 2. The molecule has 2 aromatic rings. The lowest BCUT2D eigenvalue weighted by molar-refractivity contribution is -0.384. The number of nitro groups is 1. The topological polar surface area (TPSA) is 72.2 Å². The largest absolute Gasteiger partial charge is 0.345 e. The van der Waals surface area contributed by atoms with E-state index in [1.165, 1.54) is 42.1 Å². The van der Waals surface area contributed by atoms with Gasteiger partial charge in [-0.2, -0.15) is 0 Å². The molecule has 7 heteroatoms. The molecule has 1 aliphatic heterocycles. The van der Waals surface area contributed by atoms with Gasteiger partial charge in [0, 0.05) is 28.3 Å². The number of nitrogens with zero attached hydrogens (tertiary/aromatic N) is 1. The Morgan fingerprint density at radius 1 is 1.26 bits per heavy atom. The zero-order valence-corrected chi connectivity index (χ0v) is 12.8. The highest BCUT2D eigenvalue weighted by Crippen LogP contribution is 2.37. The fourth-order valence-electron chi connectivity index (χ4n) is 2.51. The molecule has 118 valence electrons. The summed E-state index contributed by atoms with van der Waals surface area (Å²) >= 11 is 1.45. The summed E-state index contributed by atoms with van der Waals surface area (Å²) in [5.74, 6) is 0.118. The lowest BCUT2D eigenvalue weighted by Crippen LogP contribution is -2.30. The molecule has 1 amide bonds. The van der Waals surface area contributed by atoms with Crippen molar-refractivity contribution in [1.82, 2.24) is 5.32 Å². The number of thioether (sulfide) groups is 1. The molecule has 0 fully saturated rings. The Balaban J connectivity index is 1.79. The van der Waals surface area contributed by atoms with Gasteiger partial charge in [0.25, 0.3) is 11.6 Å². The zero-order valence-electron chi connectivity index (χ0n) is 12.0. The minimum Gasteiger partial charge on any atom is -0.345 e. The van der Waals surface area contributed by atoms with Crippen molar-refractivity contribution in [3.8, 4) is 0 Å². The first kappa shape index (κ1) is 15.5. The van der Waals surface area contributed by atoms with Crippen LogP contribution in [0.15, 0.2) is 47.4 Å². The van der Waals surface area contributed by atoms with Crippen LogP contribution in [0, 0.1) is 15.9 Å². The molecule has 0 aliphatic carbocycles. The Morgan fingerprint density at radius 3 is 2.70 bits per heavy atom. The van der Waals surface area contributed by atoms with Gasteiger partial charge in [0.15, 0.2) is 0 Å². The molecule has 2 aromatic carbocycles. The maximum absolute atomic E-state index is 13.8. The maximum Gasteiger partial charge on any atom is 0.269 e. The van der Waals surface area contributed by atoms with Crippen molar-refractivity contribution in [2.75, 3.05) is 5.75 Å². The van der Waals surface area contributed by atoms with Gasteiger partial charge in [0.2, 0.25) is 0 Å². The highest BCUT2D eigenvalue weighted by atomic mass is 32.2. The lowest BCUT2D eigenvalue weighted by Gasteiger charge is -2.26. The van der Waals surface area contributed by atoms with Crippen molar-refractivity contribution < 1.29 is 14.1 Å². The molecule has 0 radical (unpaired) electrons. The van der Waals surface area contributed by atoms with E-state index in [0.29, 0.717) is 16.9 Å². The number of nitrogens with one attached hydrogen (secondary N) is 1. The van der Waals surface area contributed by atoms with Crippen LogP contribution in [0.2, 0.25) is 0 Å². The molecule has 5 nitrogen and oxygen atoms in total. The first-order valence-electron chi connectivity index (χ1n) is 7.03. The van der Waals surface area contributed by atoms with Crippen molar-refractivity contribution in [1.29, 1.82) is 0 Å². The SMILES string of the molecule is O=C(NC1CCSc2c(F)cccc21)c1ccc([N+](=O)[O-])cc1. The van der Waals surface area contributed by atoms with E-state index in [2.05, 4.69) is 5.32 Å². The van der Waals surface area contributed by atoms with E-state index in [4.69, 9.17) is 0 Å². The summed E-state index contributed by atoms with van der Waals surface area (Å²) < 4.78 is 13.8. The van der Waals surface area contributed by atoms with Crippen LogP contribution < -0.4 is 5.32 Å². The monoisotopic (exact) mass is 332 g/mol. The molecule has 0 saturated carbocycles. The van der Waals surface area contributed by atoms with Crippen molar-refractivity contribution in [3.63, 3.8) is 0 Å². The number of hydrogen-bond donors (Lipinski definition) is 1. The van der Waals surface area contributed by atoms with E-state index in [0.717, 1.165) is 11.3 Å². The molecule has 1 atom stereocenters. The first-order valence-corrected chi connectivity index (χ1v) is 8.01. The lowest BCUT2D eigenvalue weighted by atomic mass is 10.0. The standard InChI is InChI=1S/C16H13FN2O3S/c17-13-3-1-2-12-14(8-9-23-15(12)13)18-16(20)10-4-6-11(7-5-10)19(21)22/h1-7,14H,8-9H2,(H,18,20). The molecule has 0 bridgehead atoms. The minimum atomic E-state index is -0.515. The Morgan fingerprint density at radius 2 is 2.00 bits per heavy atom. The Hall–Kier alpha value is -2.41. The molecule has 1 N–H and O–H groups in total. The van der Waals surface area contributed by atoms with Crippen LogP contribution in [-0.2, 0) is 0 Å². The van der Waals surface area contributed by atoms with Gasteiger partial charge < -0.3 is 5.32 Å². The van der Waals surface area contributed by atoms with Gasteiger partial charge in [-0.15, -0.1) is 11.8 Å². The number of halogens is 1. The Labute approximate surface area is 136 Å². The van der Waals surface area contributed by atoms with Crippen LogP contribution in [0.1, 0.15) is 28.4 Å². The van der Waals surface area contributed by atoms with E-state index < -0.39 is 4.92 Å². The summed E-state index contributed by atoms with van der Waals surface area (Å²) in [6.07, 6.45) is 0.708. The van der Waals surface area contributed by atoms with Gasteiger partial charge in [0.1, 0.15) is 5.82 Å². The molecule has 0 saturated heterocycles. The fourth-order valence-corrected chi connectivity index (χ4v) is 3.65. The molecule has 1 heterocycles. The smallest absolute Gasteiger partial charge is 0.269 e. The second-order valence-electron chi connectivity index (χ2n) is 5.13. The third-order valence-electron chi connectivity index (χ3n) is 3.67. The third kappa shape index (κ3) is 3.19. The minimum absolute atomic E-state index is 0.0666. The number of rotatable bonds is 3. The molecule has 23 heavy (non-hydrogen) atoms. The first-order chi connectivity index (χ1) is 11.1. The molecular weight excluding hydrogens is 319 g/mol. The second-order valence-corrected chi connectivity index (χ2v) is 6.23. The summed E-state index contributed by atoms with van der Waals surface area (Å²) in [6.45, 7) is 0. The molecule has 1 aliphatic rings. The number of fused-ring (bicyclic) bond motifs is 1. The predicted molar refractivity (Wildman–Crippen MR) is 85.0 cm³/mol. The van der Waals surface area contributed by atoms with Crippen LogP contribution in [0.25, 0.3) is 0 Å². The van der Waals surface area contributed by atoms with Gasteiger partial charge in [0.05, 0.1) is 11.0 Å². The Kier molecular flexibility index (Phi) is 4.29. The van der Waals surface area contributed by atoms with Crippen LogP contribution in [-0.4, -0.2) is 16.6 Å². The highest BCUT2D eigenvalue weighted by molar-refractivity contribution is 7.99. The Bertz CT molecular complexity index is 764. The number of amides is 1. The molecular formula is C16H13FN2O3S. The fraction of sp³-hybridized carbons (Fsp3) is 0.188. The molecule has 1 unspecified atom stereocenters. The van der Waals surface area contributed by atoms with Crippen molar-refractivity contribution >= 4 is 23.4 Å². The van der Waals surface area contributed by atoms with Crippen LogP contribution in [0.4, 0.5) is 10.1 Å². The van der Waals surface area contributed by atoms with Crippen LogP contribution >= 0.6 is 11.8 Å². The summed E-state index contributed by atoms with van der Waals surface area (Å²) in [7, 11) is 0. The number of non-ortho nitro benzene ring substituents is 1. The van der Waals surface area contributed by atoms with E-state index >= 15 is 0 Å². The second kappa shape index (κ2) is 6.37. The van der Waals surface area contributed by atoms with Gasteiger partial charge in [-0.3, -0.25) is 14.9 Å². The predicted octanol–water partition coefficient (Wildman–Crippen LogP) is 3.70. The molecule has 0 spiro atoms. The summed E-state index contributed by atoms with van der Waals surface area (Å²) in [4.78, 5) is 23.0. The molecule has 0 aromatic heterocycles. The highest BCUT2D eigenvalue weighted by Gasteiger charge is 2.24. The van der Waals surface area contributed by atoms with Crippen molar-refractivity contribution in [3.05, 3.63) is 69.5 Å². The zero-order chi connectivity index (χ0) is 16.4. The van der Waals surface area contributed by atoms with Crippen LogP contribution in [0.3, 0.4) is 0 Å². The van der Waals surface area contributed by atoms with Crippen molar-refractivity contribution in [2.24, 2.45) is 0 Å². The maximum atomic E-state index is 13.8. The number of nitro benzene ring substituents is 1. The molecule has 3 rings (SSSR count). The van der Waals surface area contributed by atoms with E-state index in [9.17, 15) is 19.3 Å². The number of hydrogen-bond acceptors (Lipinski definition) is 4. The van der Waals surface area contributed by atoms with Gasteiger partial charge in [-0.1, -0.05) is 12.1 Å². The van der Waals surface area contributed by atoms with E-state index in [-0.39, 0.29) is 23.5 Å². The van der Waals surface area contributed by atoms with Crippen molar-refractivity contribution in [2.45, 2.75) is 17.4 Å². The number of carbonyl (C=O) groups excluding carboxylic acids is 1.